The monoisotopic (exact) mass is 425 g/mol. The molecule has 0 unspecified atom stereocenters. The minimum atomic E-state index is 0.0372. The average molecular weight is 426 g/mol. The first kappa shape index (κ1) is 22.7. The highest BCUT2D eigenvalue weighted by Crippen LogP contribution is 2.24. The van der Waals surface area contributed by atoms with E-state index in [0.717, 1.165) is 38.3 Å². The Balaban J connectivity index is 1.52. The van der Waals surface area contributed by atoms with Crippen LogP contribution in [0.1, 0.15) is 38.2 Å². The summed E-state index contributed by atoms with van der Waals surface area (Å²) >= 11 is 4.15. The van der Waals surface area contributed by atoms with Crippen LogP contribution >= 0.6 is 12.6 Å². The van der Waals surface area contributed by atoms with E-state index in [9.17, 15) is 4.79 Å². The molecule has 0 bridgehead atoms. The molecule has 0 aromatic heterocycles. The fourth-order valence-electron chi connectivity index (χ4n) is 4.29. The van der Waals surface area contributed by atoms with E-state index in [1.807, 2.05) is 12.1 Å². The molecule has 2 aromatic rings. The highest BCUT2D eigenvalue weighted by atomic mass is 32.1. The molecule has 0 aliphatic carbocycles. The number of piperidine rings is 1. The van der Waals surface area contributed by atoms with Crippen molar-refractivity contribution in [3.8, 4) is 0 Å². The quantitative estimate of drug-likeness (QED) is 0.533. The first-order valence-electron chi connectivity index (χ1n) is 11.2. The minimum Gasteiger partial charge on any atom is -0.368 e. The molecule has 1 aliphatic rings. The number of nitrogens with zero attached hydrogens (tertiary/aromatic N) is 2. The highest BCUT2D eigenvalue weighted by Gasteiger charge is 2.24. The number of carbonyl (C=O) groups is 1. The van der Waals surface area contributed by atoms with E-state index in [1.54, 1.807) is 0 Å². The summed E-state index contributed by atoms with van der Waals surface area (Å²) in [6.07, 6.45) is 4.98. The van der Waals surface area contributed by atoms with Crippen LogP contribution in [0.5, 0.6) is 0 Å². The van der Waals surface area contributed by atoms with Crippen LogP contribution in [0.3, 0.4) is 0 Å². The summed E-state index contributed by atoms with van der Waals surface area (Å²) in [4.78, 5) is 17.1. The Morgan fingerprint density at radius 3 is 2.50 bits per heavy atom. The van der Waals surface area contributed by atoms with E-state index >= 15 is 0 Å². The molecule has 2 aromatic carbocycles. The van der Waals surface area contributed by atoms with Crippen molar-refractivity contribution in [3.05, 3.63) is 60.2 Å². The number of likely N-dealkylation sites (tertiary alicyclic amines) is 1. The van der Waals surface area contributed by atoms with E-state index in [2.05, 4.69) is 77.1 Å². The van der Waals surface area contributed by atoms with Crippen LogP contribution in [0.25, 0.3) is 0 Å². The zero-order chi connectivity index (χ0) is 21.2. The molecule has 1 aliphatic heterocycles. The van der Waals surface area contributed by atoms with Gasteiger partial charge in [-0.15, -0.1) is 0 Å². The number of rotatable bonds is 10. The van der Waals surface area contributed by atoms with E-state index in [4.69, 9.17) is 0 Å². The van der Waals surface area contributed by atoms with Gasteiger partial charge < -0.3 is 15.1 Å². The van der Waals surface area contributed by atoms with Crippen LogP contribution in [0.2, 0.25) is 0 Å². The zero-order valence-corrected chi connectivity index (χ0v) is 19.0. The lowest BCUT2D eigenvalue weighted by atomic mass is 10.0. The number of para-hydroxylation sites is 2. The summed E-state index contributed by atoms with van der Waals surface area (Å²) < 4.78 is 0. The predicted octanol–water partition coefficient (Wildman–Crippen LogP) is 4.87. The predicted molar refractivity (Wildman–Crippen MR) is 131 cm³/mol. The van der Waals surface area contributed by atoms with Crippen LogP contribution in [-0.2, 0) is 11.2 Å². The Bertz CT molecular complexity index is 775. The topological polar surface area (TPSA) is 35.6 Å². The third kappa shape index (κ3) is 6.51. The molecule has 1 saturated heterocycles. The maximum atomic E-state index is 12.0. The van der Waals surface area contributed by atoms with Gasteiger partial charge in [0.1, 0.15) is 0 Å². The molecule has 0 spiro atoms. The largest absolute Gasteiger partial charge is 0.368 e. The molecule has 0 radical (unpaired) electrons. The number of anilines is 2. The van der Waals surface area contributed by atoms with E-state index in [-0.39, 0.29) is 5.91 Å². The third-order valence-electron chi connectivity index (χ3n) is 5.88. The third-order valence-corrected chi connectivity index (χ3v) is 6.10. The van der Waals surface area contributed by atoms with Crippen molar-refractivity contribution in [2.45, 2.75) is 45.1 Å². The maximum absolute atomic E-state index is 12.0. The second kappa shape index (κ2) is 12.0. The Labute approximate surface area is 187 Å². The summed E-state index contributed by atoms with van der Waals surface area (Å²) in [7, 11) is 0. The smallest absolute Gasteiger partial charge is 0.225 e. The summed E-state index contributed by atoms with van der Waals surface area (Å²) in [5.41, 5.74) is 3.50. The van der Waals surface area contributed by atoms with Crippen LogP contribution in [0.15, 0.2) is 54.6 Å². The average Bonchev–Trinajstić information content (AvgIpc) is 2.78. The van der Waals surface area contributed by atoms with Crippen molar-refractivity contribution in [2.24, 2.45) is 0 Å². The number of carbonyl (C=O) groups excluding carboxylic acids is 1. The standard InChI is InChI=1S/C25H35N3OS/c1-2-16-28(22-9-4-3-5-10-22)23-13-18-27(19-14-23)17-12-21-8-6-7-11-24(21)26-25(29)15-20-30/h3-11,23,30H,2,12-20H2,1H3,(H,26,29). The van der Waals surface area contributed by atoms with Gasteiger partial charge in [-0.2, -0.15) is 12.6 Å². The first-order chi connectivity index (χ1) is 14.7. The van der Waals surface area contributed by atoms with Crippen LogP contribution in [-0.4, -0.2) is 48.8 Å². The molecule has 4 nitrogen and oxygen atoms in total. The Morgan fingerprint density at radius 2 is 1.80 bits per heavy atom. The Morgan fingerprint density at radius 1 is 1.10 bits per heavy atom. The van der Waals surface area contributed by atoms with E-state index in [0.29, 0.717) is 18.2 Å². The second-order valence-electron chi connectivity index (χ2n) is 8.03. The molecular weight excluding hydrogens is 390 g/mol. The van der Waals surface area contributed by atoms with E-state index in [1.165, 1.54) is 30.5 Å². The molecule has 30 heavy (non-hydrogen) atoms. The molecule has 162 valence electrons. The Kier molecular flexibility index (Phi) is 9.09. The van der Waals surface area contributed by atoms with Gasteiger partial charge in [-0.3, -0.25) is 4.79 Å². The van der Waals surface area contributed by atoms with Gasteiger partial charge in [0.15, 0.2) is 0 Å². The van der Waals surface area contributed by atoms with Crippen LogP contribution < -0.4 is 10.2 Å². The van der Waals surface area contributed by atoms with Crippen molar-refractivity contribution in [1.29, 1.82) is 0 Å². The molecule has 1 fully saturated rings. The first-order valence-corrected chi connectivity index (χ1v) is 11.9. The number of thiol groups is 1. The van der Waals surface area contributed by atoms with Gasteiger partial charge in [-0.25, -0.2) is 0 Å². The van der Waals surface area contributed by atoms with Gasteiger partial charge in [0, 0.05) is 50.0 Å². The number of benzene rings is 2. The molecular formula is C25H35N3OS. The molecule has 0 saturated carbocycles. The fraction of sp³-hybridized carbons (Fsp3) is 0.480. The molecule has 5 heteroatoms. The second-order valence-corrected chi connectivity index (χ2v) is 8.48. The van der Waals surface area contributed by atoms with Crippen molar-refractivity contribution >= 4 is 29.9 Å². The van der Waals surface area contributed by atoms with Crippen molar-refractivity contribution in [1.82, 2.24) is 4.90 Å². The molecule has 1 amide bonds. The van der Waals surface area contributed by atoms with Gasteiger partial charge in [0.25, 0.3) is 0 Å². The SMILES string of the molecule is CCCN(c1ccccc1)C1CCN(CCc2ccccc2NC(=O)CCS)CC1. The fourth-order valence-corrected chi connectivity index (χ4v) is 4.49. The zero-order valence-electron chi connectivity index (χ0n) is 18.1. The van der Waals surface area contributed by atoms with Crippen molar-refractivity contribution in [3.63, 3.8) is 0 Å². The number of amides is 1. The Hall–Kier alpha value is -1.98. The number of hydrogen-bond acceptors (Lipinski definition) is 4. The molecule has 3 rings (SSSR count). The van der Waals surface area contributed by atoms with Gasteiger partial charge >= 0.3 is 0 Å². The molecule has 1 heterocycles. The molecule has 1 N–H and O–H groups in total. The van der Waals surface area contributed by atoms with Gasteiger partial charge in [-0.05, 0) is 55.2 Å². The summed E-state index contributed by atoms with van der Waals surface area (Å²) in [5, 5.41) is 3.04. The van der Waals surface area contributed by atoms with Crippen LogP contribution in [0.4, 0.5) is 11.4 Å². The van der Waals surface area contributed by atoms with Crippen molar-refractivity contribution < 1.29 is 4.79 Å². The van der Waals surface area contributed by atoms with Crippen molar-refractivity contribution in [2.75, 3.05) is 42.1 Å². The number of nitrogens with one attached hydrogen (secondary N) is 1. The summed E-state index contributed by atoms with van der Waals surface area (Å²) in [6, 6.07) is 19.6. The lowest BCUT2D eigenvalue weighted by Gasteiger charge is -2.40. The van der Waals surface area contributed by atoms with E-state index < -0.39 is 0 Å². The summed E-state index contributed by atoms with van der Waals surface area (Å²) in [5.74, 6) is 0.608. The lowest BCUT2D eigenvalue weighted by molar-refractivity contribution is -0.115. The van der Waals surface area contributed by atoms with Gasteiger partial charge in [0.2, 0.25) is 5.91 Å². The lowest BCUT2D eigenvalue weighted by Crippen LogP contribution is -2.45. The molecule has 0 atom stereocenters. The normalized spacial score (nSPS) is 15.1. The highest BCUT2D eigenvalue weighted by molar-refractivity contribution is 7.80. The maximum Gasteiger partial charge on any atom is 0.225 e. The minimum absolute atomic E-state index is 0.0372. The van der Waals surface area contributed by atoms with Gasteiger partial charge in [-0.1, -0.05) is 43.3 Å². The van der Waals surface area contributed by atoms with Gasteiger partial charge in [0.05, 0.1) is 0 Å². The number of hydrogen-bond donors (Lipinski definition) is 2. The van der Waals surface area contributed by atoms with Crippen LogP contribution in [0, 0.1) is 0 Å². The summed E-state index contributed by atoms with van der Waals surface area (Å²) in [6.45, 7) is 6.68.